The number of hydrogen-bond donors (Lipinski definition) is 3. The quantitative estimate of drug-likeness (QED) is 0.0493. The Morgan fingerprint density at radius 1 is 0.560 bits per heavy atom. The second-order valence-corrected chi connectivity index (χ2v) is 19.6. The Labute approximate surface area is 487 Å². The van der Waals surface area contributed by atoms with Gasteiger partial charge < -0.3 is 35.1 Å². The van der Waals surface area contributed by atoms with Gasteiger partial charge in [0, 0.05) is 85.7 Å². The molecule has 0 saturated heterocycles. The molecule has 4 heterocycles. The second-order valence-electron chi connectivity index (χ2n) is 19.6. The number of hydrogen-bond acceptors (Lipinski definition) is 11. The van der Waals surface area contributed by atoms with Gasteiger partial charge in [0.05, 0.1) is 11.0 Å². The molecule has 0 aliphatic rings. The van der Waals surface area contributed by atoms with E-state index in [1.807, 2.05) is 12.3 Å². The molecular formula is C61H77KN10O3. The second kappa shape index (κ2) is 30.4. The Morgan fingerprint density at radius 2 is 1.01 bits per heavy atom. The molecule has 0 spiro atoms. The van der Waals surface area contributed by atoms with Crippen LogP contribution in [0.25, 0.3) is 66.4 Å². The number of nitrogens with one attached hydrogen (secondary N) is 3. The number of aromatic amines is 1. The molecule has 75 heavy (non-hydrogen) atoms. The summed E-state index contributed by atoms with van der Waals surface area (Å²) in [5.41, 5.74) is 9.29. The number of aromatic nitrogens is 6. The van der Waals surface area contributed by atoms with E-state index in [2.05, 4.69) is 187 Å². The number of fused-ring (bicyclic) bond motifs is 4. The molecule has 5 aromatic carbocycles. The Bertz CT molecular complexity index is 3140. The van der Waals surface area contributed by atoms with Gasteiger partial charge >= 0.3 is 51.4 Å². The van der Waals surface area contributed by atoms with Crippen LogP contribution in [0.2, 0.25) is 0 Å². The Hall–Kier alpha value is -5.42. The standard InChI is InChI=1S/C32H37N5.C25H31N5.C4H9O.K.O2/c1-4-36(5-2)21-12-11-20-33-31-27-18-13-14-24(3)30(27)34-32(35-31)28-23-37(22-25-15-7-6-8-16-25)29-19-10-9-17-26(28)29;1-4-30(5-2)16-9-8-15-26-24-20-13-10-11-18(3)23(20)28-25(29-24)21-17-27-22-14-7-6-12-19(21)22;1-4(2,3)5;;1-2/h6-10,13-19,23H,4-5,11-12,20-22H2,1-3H3,(H,33,34,35);6-7,10-14,17,27H,4-5,8-9,15-16H2,1-3H3,(H,26,28,29);1-3H3;;/q;;-1;+1;. The van der Waals surface area contributed by atoms with Crippen LogP contribution < -0.4 is 67.1 Å². The van der Waals surface area contributed by atoms with Crippen molar-refractivity contribution in [2.45, 2.75) is 100 Å². The summed E-state index contributed by atoms with van der Waals surface area (Å²) in [4.78, 5) is 42.4. The van der Waals surface area contributed by atoms with Gasteiger partial charge in [-0.05, 0) is 120 Å². The number of benzene rings is 5. The maximum absolute atomic E-state index is 10.1. The third-order valence-electron chi connectivity index (χ3n) is 13.1. The molecular weight excluding hydrogens is 960 g/mol. The van der Waals surface area contributed by atoms with Crippen molar-refractivity contribution in [1.29, 1.82) is 0 Å². The van der Waals surface area contributed by atoms with Gasteiger partial charge in [-0.3, -0.25) is 0 Å². The minimum atomic E-state index is -0.750. The van der Waals surface area contributed by atoms with Crippen LogP contribution in [0.15, 0.2) is 128 Å². The van der Waals surface area contributed by atoms with Crippen LogP contribution in [0, 0.1) is 23.8 Å². The molecule has 390 valence electrons. The maximum atomic E-state index is 10.1. The van der Waals surface area contributed by atoms with E-state index in [9.17, 15) is 5.11 Å². The van der Waals surface area contributed by atoms with Gasteiger partial charge in [-0.25, -0.2) is 19.9 Å². The molecule has 0 fully saturated rings. The van der Waals surface area contributed by atoms with E-state index in [1.165, 1.54) is 40.4 Å². The molecule has 0 bridgehead atoms. The fourth-order valence-corrected chi connectivity index (χ4v) is 9.11. The van der Waals surface area contributed by atoms with E-state index < -0.39 is 5.60 Å². The van der Waals surface area contributed by atoms with Crippen LogP contribution in [0.5, 0.6) is 0 Å². The molecule has 0 radical (unpaired) electrons. The minimum Gasteiger partial charge on any atom is -0.850 e. The smallest absolute Gasteiger partial charge is 0.850 e. The molecule has 3 N–H and O–H groups in total. The summed E-state index contributed by atoms with van der Waals surface area (Å²) in [5.74, 6) is 3.38. The zero-order valence-corrected chi connectivity index (χ0v) is 49.3. The number of H-pyrrole nitrogens is 1. The number of aryl methyl sites for hydroxylation is 2. The van der Waals surface area contributed by atoms with E-state index in [0.717, 1.165) is 139 Å². The molecule has 0 aliphatic heterocycles. The van der Waals surface area contributed by atoms with Crippen molar-refractivity contribution < 1.29 is 56.5 Å². The Kier molecular flexibility index (Phi) is 24.5. The van der Waals surface area contributed by atoms with Gasteiger partial charge in [0.15, 0.2) is 11.6 Å². The normalized spacial score (nSPS) is 11.2. The van der Waals surface area contributed by atoms with Crippen LogP contribution in [0.1, 0.15) is 90.8 Å². The predicted octanol–water partition coefficient (Wildman–Crippen LogP) is 9.98. The van der Waals surface area contributed by atoms with Gasteiger partial charge in [-0.15, -0.1) is 5.60 Å². The average Bonchev–Trinajstić information content (AvgIpc) is 4.01. The first-order valence-electron chi connectivity index (χ1n) is 26.4. The van der Waals surface area contributed by atoms with Crippen molar-refractivity contribution in [3.63, 3.8) is 0 Å². The molecule has 9 aromatic rings. The van der Waals surface area contributed by atoms with Crippen molar-refractivity contribution in [2.24, 2.45) is 0 Å². The zero-order chi connectivity index (χ0) is 53.0. The van der Waals surface area contributed by atoms with Gasteiger partial charge in [-0.1, -0.05) is 139 Å². The number of rotatable bonds is 20. The first-order chi connectivity index (χ1) is 35.9. The summed E-state index contributed by atoms with van der Waals surface area (Å²) >= 11 is 0. The van der Waals surface area contributed by atoms with Gasteiger partial charge in [-0.2, -0.15) is 0 Å². The molecule has 0 atom stereocenters. The van der Waals surface area contributed by atoms with Crippen molar-refractivity contribution >= 4 is 55.2 Å². The monoisotopic (exact) mass is 1040 g/mol. The van der Waals surface area contributed by atoms with Crippen molar-refractivity contribution in [1.82, 2.24) is 39.3 Å². The first kappa shape index (κ1) is 60.4. The molecule has 4 aromatic heterocycles. The van der Waals surface area contributed by atoms with Gasteiger partial charge in [0.2, 0.25) is 0 Å². The fourth-order valence-electron chi connectivity index (χ4n) is 9.11. The molecule has 0 aliphatic carbocycles. The summed E-state index contributed by atoms with van der Waals surface area (Å²) in [6, 6.07) is 40.1. The summed E-state index contributed by atoms with van der Waals surface area (Å²) in [6.45, 7) is 27.4. The minimum absolute atomic E-state index is 0. The van der Waals surface area contributed by atoms with Crippen molar-refractivity contribution in [3.05, 3.63) is 154 Å². The largest absolute Gasteiger partial charge is 1.00 e. The van der Waals surface area contributed by atoms with Crippen LogP contribution in [0.3, 0.4) is 0 Å². The first-order valence-corrected chi connectivity index (χ1v) is 26.4. The Morgan fingerprint density at radius 3 is 1.53 bits per heavy atom. The fraction of sp³-hybridized carbons (Fsp3) is 0.377. The third-order valence-corrected chi connectivity index (χ3v) is 13.1. The summed E-state index contributed by atoms with van der Waals surface area (Å²) in [5, 5.41) is 21.8. The van der Waals surface area contributed by atoms with Crippen molar-refractivity contribution in [3.8, 4) is 22.8 Å². The van der Waals surface area contributed by atoms with Crippen LogP contribution in [-0.2, 0) is 6.54 Å². The summed E-state index contributed by atoms with van der Waals surface area (Å²) < 4.78 is 2.31. The molecule has 0 amide bonds. The topological polar surface area (TPSA) is 160 Å². The number of para-hydroxylation sites is 4. The van der Waals surface area contributed by atoms with E-state index >= 15 is 0 Å². The molecule has 13 nitrogen and oxygen atoms in total. The molecule has 14 heteroatoms. The maximum Gasteiger partial charge on any atom is 1.00 e. The third kappa shape index (κ3) is 17.0. The average molecular weight is 1040 g/mol. The van der Waals surface area contributed by atoms with Gasteiger partial charge in [0.25, 0.3) is 0 Å². The molecule has 0 saturated carbocycles. The van der Waals surface area contributed by atoms with E-state index in [0.29, 0.717) is 0 Å². The number of anilines is 2. The SMILES string of the molecule is CC(C)(C)[O-].CCN(CC)CCCCNc1nc(-c2c[nH]c3ccccc23)nc2c(C)cccc12.CCN(CC)CCCCNc1nc(-c2cn(Cc3ccccc3)c3ccccc23)nc2c(C)cccc12.O=O.[K+]. The van der Waals surface area contributed by atoms with E-state index in [1.54, 1.807) is 20.8 Å². The summed E-state index contributed by atoms with van der Waals surface area (Å²) in [6.07, 6.45) is 8.82. The van der Waals surface area contributed by atoms with Crippen molar-refractivity contribution in [2.75, 3.05) is 63.0 Å². The zero-order valence-electron chi connectivity index (χ0n) is 46.2. The van der Waals surface area contributed by atoms with E-state index in [-0.39, 0.29) is 51.4 Å². The molecule has 9 rings (SSSR count). The van der Waals surface area contributed by atoms with Gasteiger partial charge in [0.1, 0.15) is 11.6 Å². The van der Waals surface area contributed by atoms with E-state index in [4.69, 9.17) is 29.9 Å². The van der Waals surface area contributed by atoms with Crippen LogP contribution in [-0.4, -0.2) is 97.2 Å². The summed E-state index contributed by atoms with van der Waals surface area (Å²) in [7, 11) is 0. The van der Waals surface area contributed by atoms with Crippen LogP contribution in [0.4, 0.5) is 11.6 Å². The van der Waals surface area contributed by atoms with Crippen LogP contribution >= 0.6 is 0 Å². The number of unbranched alkanes of at least 4 members (excludes halogenated alkanes) is 2. The number of nitrogens with zero attached hydrogens (tertiary/aromatic N) is 7. The Balaban J connectivity index is 0.000000248. The predicted molar refractivity (Wildman–Crippen MR) is 310 cm³/mol. The molecule has 0 unspecified atom stereocenters.